The predicted octanol–water partition coefficient (Wildman–Crippen LogP) is 1.68. The highest BCUT2D eigenvalue weighted by atomic mass is 16.6. The van der Waals surface area contributed by atoms with Crippen LogP contribution in [0.2, 0.25) is 0 Å². The number of phenols is 1. The van der Waals surface area contributed by atoms with Gasteiger partial charge in [-0.25, -0.2) is 0 Å². The van der Waals surface area contributed by atoms with E-state index >= 15 is 0 Å². The number of Topliss-reactive ketones (excluding diaryl/α,β-unsaturated/α-hetero) is 1. The molecule has 0 saturated heterocycles. The van der Waals surface area contributed by atoms with Crippen molar-refractivity contribution >= 4 is 5.78 Å². The lowest BCUT2D eigenvalue weighted by atomic mass is 9.93. The van der Waals surface area contributed by atoms with Gasteiger partial charge >= 0.3 is 0 Å². The van der Waals surface area contributed by atoms with E-state index in [9.17, 15) is 20.1 Å². The number of benzene rings is 1. The van der Waals surface area contributed by atoms with E-state index in [2.05, 4.69) is 0 Å². The first-order valence-corrected chi connectivity index (χ1v) is 5.68. The number of ether oxygens (including phenoxy) is 1. The fraction of sp³-hybridized carbons (Fsp3) is 0.214. The summed E-state index contributed by atoms with van der Waals surface area (Å²) < 4.78 is 4.82. The zero-order valence-electron chi connectivity index (χ0n) is 10.3. The van der Waals surface area contributed by atoms with Gasteiger partial charge < -0.3 is 20.1 Å². The van der Waals surface area contributed by atoms with Crippen molar-refractivity contribution in [3.8, 4) is 5.75 Å². The van der Waals surface area contributed by atoms with Gasteiger partial charge in [-0.15, -0.1) is 0 Å². The average Bonchev–Trinajstić information content (AvgIpc) is 2.39. The first-order valence-electron chi connectivity index (χ1n) is 5.68. The Kier molecular flexibility index (Phi) is 3.42. The van der Waals surface area contributed by atoms with Gasteiger partial charge in [-0.05, 0) is 24.3 Å². The van der Waals surface area contributed by atoms with Crippen LogP contribution >= 0.6 is 0 Å². The molecule has 5 heteroatoms. The number of para-hydroxylation sites is 1. The molecule has 0 aromatic heterocycles. The van der Waals surface area contributed by atoms with Crippen LogP contribution in [0.5, 0.6) is 5.75 Å². The van der Waals surface area contributed by atoms with Crippen LogP contribution in [-0.4, -0.2) is 34.0 Å². The second-order valence-electron chi connectivity index (χ2n) is 4.27. The van der Waals surface area contributed by atoms with Gasteiger partial charge in [0.1, 0.15) is 11.5 Å². The molecule has 0 saturated carbocycles. The van der Waals surface area contributed by atoms with Crippen molar-refractivity contribution in [3.05, 3.63) is 53.3 Å². The SMILES string of the molecule is COC1(O)C=CC(C(=O)c2ccccc2O)=C(O)C1. The lowest BCUT2D eigenvalue weighted by molar-refractivity contribution is -0.149. The van der Waals surface area contributed by atoms with Crippen LogP contribution in [0.1, 0.15) is 16.8 Å². The minimum Gasteiger partial charge on any atom is -0.511 e. The maximum Gasteiger partial charge on any atom is 0.200 e. The van der Waals surface area contributed by atoms with Crippen LogP contribution in [0.3, 0.4) is 0 Å². The minimum absolute atomic E-state index is 0.0308. The third-order valence-corrected chi connectivity index (χ3v) is 2.99. The molecule has 1 aliphatic rings. The lowest BCUT2D eigenvalue weighted by Crippen LogP contribution is -2.32. The highest BCUT2D eigenvalue weighted by molar-refractivity contribution is 6.12. The van der Waals surface area contributed by atoms with Gasteiger partial charge in [-0.3, -0.25) is 4.79 Å². The molecule has 3 N–H and O–H groups in total. The lowest BCUT2D eigenvalue weighted by Gasteiger charge is -2.26. The molecule has 19 heavy (non-hydrogen) atoms. The Bertz CT molecular complexity index is 573. The zero-order chi connectivity index (χ0) is 14.0. The third kappa shape index (κ3) is 2.52. The number of phenolic OH excluding ortho intramolecular Hbond substituents is 1. The summed E-state index contributed by atoms with van der Waals surface area (Å²) in [6.45, 7) is 0. The van der Waals surface area contributed by atoms with E-state index in [1.165, 1.54) is 31.4 Å². The van der Waals surface area contributed by atoms with E-state index in [1.54, 1.807) is 12.1 Å². The molecule has 1 atom stereocenters. The molecule has 1 aliphatic carbocycles. The zero-order valence-corrected chi connectivity index (χ0v) is 10.3. The summed E-state index contributed by atoms with van der Waals surface area (Å²) in [6.07, 6.45) is 2.37. The monoisotopic (exact) mass is 262 g/mol. The Hall–Kier alpha value is -2.11. The maximum absolute atomic E-state index is 12.2. The van der Waals surface area contributed by atoms with Crippen LogP contribution in [0, 0.1) is 0 Å². The van der Waals surface area contributed by atoms with Crippen molar-refractivity contribution < 1.29 is 24.9 Å². The molecule has 0 heterocycles. The highest BCUT2D eigenvalue weighted by Crippen LogP contribution is 2.29. The number of carbonyl (C=O) groups excluding carboxylic acids is 1. The van der Waals surface area contributed by atoms with E-state index in [-0.39, 0.29) is 29.1 Å². The topological polar surface area (TPSA) is 87.0 Å². The van der Waals surface area contributed by atoms with Gasteiger partial charge in [0, 0.05) is 7.11 Å². The number of aromatic hydroxyl groups is 1. The van der Waals surface area contributed by atoms with E-state index < -0.39 is 11.6 Å². The van der Waals surface area contributed by atoms with Crippen molar-refractivity contribution in [2.75, 3.05) is 7.11 Å². The van der Waals surface area contributed by atoms with E-state index in [0.717, 1.165) is 0 Å². The molecule has 0 bridgehead atoms. The number of ketones is 1. The summed E-state index contributed by atoms with van der Waals surface area (Å²) in [4.78, 5) is 12.2. The van der Waals surface area contributed by atoms with Crippen LogP contribution in [0.4, 0.5) is 0 Å². The third-order valence-electron chi connectivity index (χ3n) is 2.99. The standard InChI is InChI=1S/C14H14O5/c1-19-14(18)7-6-10(12(16)8-14)13(17)9-4-2-3-5-11(9)15/h2-7,15-16,18H,8H2,1H3. The number of aliphatic hydroxyl groups excluding tert-OH is 1. The van der Waals surface area contributed by atoms with Crippen molar-refractivity contribution in [1.29, 1.82) is 0 Å². The molecule has 100 valence electrons. The molecular formula is C14H14O5. The van der Waals surface area contributed by atoms with E-state index in [4.69, 9.17) is 4.74 Å². The summed E-state index contributed by atoms with van der Waals surface area (Å²) in [5.74, 6) is -2.55. The average molecular weight is 262 g/mol. The molecule has 5 nitrogen and oxygen atoms in total. The second kappa shape index (κ2) is 4.87. The molecule has 0 aliphatic heterocycles. The molecule has 0 amide bonds. The Morgan fingerprint density at radius 3 is 2.58 bits per heavy atom. The molecule has 1 unspecified atom stereocenters. The number of methoxy groups -OCH3 is 1. The normalized spacial score (nSPS) is 22.6. The molecule has 1 aromatic rings. The van der Waals surface area contributed by atoms with Crippen molar-refractivity contribution in [2.24, 2.45) is 0 Å². The van der Waals surface area contributed by atoms with Crippen LogP contribution in [0.15, 0.2) is 47.7 Å². The summed E-state index contributed by atoms with van der Waals surface area (Å²) in [7, 11) is 1.30. The second-order valence-corrected chi connectivity index (χ2v) is 4.27. The number of carbonyl (C=O) groups is 1. The quantitative estimate of drug-likeness (QED) is 0.570. The predicted molar refractivity (Wildman–Crippen MR) is 67.8 cm³/mol. The van der Waals surface area contributed by atoms with E-state index in [0.29, 0.717) is 0 Å². The first kappa shape index (κ1) is 13.3. The molecule has 1 aromatic carbocycles. The van der Waals surface area contributed by atoms with Crippen LogP contribution in [-0.2, 0) is 4.74 Å². The Labute approximate surface area is 110 Å². The van der Waals surface area contributed by atoms with Crippen molar-refractivity contribution in [1.82, 2.24) is 0 Å². The molecular weight excluding hydrogens is 248 g/mol. The number of hydrogen-bond acceptors (Lipinski definition) is 5. The van der Waals surface area contributed by atoms with E-state index in [1.807, 2.05) is 0 Å². The van der Waals surface area contributed by atoms with Gasteiger partial charge in [-0.1, -0.05) is 12.1 Å². The Balaban J connectivity index is 2.34. The molecule has 0 radical (unpaired) electrons. The van der Waals surface area contributed by atoms with Crippen LogP contribution < -0.4 is 0 Å². The summed E-state index contributed by atoms with van der Waals surface area (Å²) >= 11 is 0. The van der Waals surface area contributed by atoms with Gasteiger partial charge in [0.05, 0.1) is 17.6 Å². The number of aliphatic hydroxyl groups is 2. The number of hydrogen-bond donors (Lipinski definition) is 3. The van der Waals surface area contributed by atoms with Crippen molar-refractivity contribution in [3.63, 3.8) is 0 Å². The minimum atomic E-state index is -1.60. The van der Waals surface area contributed by atoms with Crippen molar-refractivity contribution in [2.45, 2.75) is 12.2 Å². The maximum atomic E-state index is 12.2. The Morgan fingerprint density at radius 2 is 2.00 bits per heavy atom. The summed E-state index contributed by atoms with van der Waals surface area (Å²) in [6, 6.07) is 6.06. The summed E-state index contributed by atoms with van der Waals surface area (Å²) in [5.41, 5.74) is 0.125. The summed E-state index contributed by atoms with van der Waals surface area (Å²) in [5, 5.41) is 29.3. The first-order chi connectivity index (χ1) is 8.97. The van der Waals surface area contributed by atoms with Gasteiger partial charge in [0.2, 0.25) is 0 Å². The fourth-order valence-electron chi connectivity index (χ4n) is 1.86. The molecule has 0 fully saturated rings. The van der Waals surface area contributed by atoms with Gasteiger partial charge in [0.15, 0.2) is 11.6 Å². The van der Waals surface area contributed by atoms with Crippen LogP contribution in [0.25, 0.3) is 0 Å². The number of rotatable bonds is 3. The Morgan fingerprint density at radius 1 is 1.32 bits per heavy atom. The van der Waals surface area contributed by atoms with Gasteiger partial charge in [-0.2, -0.15) is 0 Å². The largest absolute Gasteiger partial charge is 0.511 e. The highest BCUT2D eigenvalue weighted by Gasteiger charge is 2.31. The number of allylic oxidation sites excluding steroid dienone is 2. The smallest absolute Gasteiger partial charge is 0.200 e. The fourth-order valence-corrected chi connectivity index (χ4v) is 1.86. The molecule has 2 rings (SSSR count). The molecule has 0 spiro atoms. The van der Waals surface area contributed by atoms with Gasteiger partial charge in [0.25, 0.3) is 0 Å².